The van der Waals surface area contributed by atoms with E-state index in [1.165, 1.54) is 0 Å². The summed E-state index contributed by atoms with van der Waals surface area (Å²) in [6.07, 6.45) is 4.79. The first kappa shape index (κ1) is 13.2. The highest BCUT2D eigenvalue weighted by molar-refractivity contribution is 8.09. The van der Waals surface area contributed by atoms with E-state index in [1.807, 2.05) is 12.1 Å². The van der Waals surface area contributed by atoms with Gasteiger partial charge in [-0.1, -0.05) is 0 Å². The van der Waals surface area contributed by atoms with Crippen molar-refractivity contribution >= 4 is 22.6 Å². The average molecular weight is 302 g/mol. The molecule has 5 atom stereocenters. The minimum atomic E-state index is -0.0446. The van der Waals surface area contributed by atoms with Crippen LogP contribution >= 0.6 is 11.8 Å². The van der Waals surface area contributed by atoms with Gasteiger partial charge in [0.2, 0.25) is 5.91 Å². The maximum Gasteiger partial charge on any atom is 0.234 e. The lowest BCUT2D eigenvalue weighted by molar-refractivity contribution is -0.127. The molecule has 21 heavy (non-hydrogen) atoms. The van der Waals surface area contributed by atoms with Crippen molar-refractivity contribution in [2.45, 2.75) is 37.7 Å². The first-order valence-electron chi connectivity index (χ1n) is 7.43. The highest BCUT2D eigenvalue weighted by atomic mass is 32.2. The van der Waals surface area contributed by atoms with Crippen molar-refractivity contribution in [3.8, 4) is 0 Å². The quantitative estimate of drug-likeness (QED) is 0.865. The third-order valence-corrected chi connectivity index (χ3v) is 6.14. The van der Waals surface area contributed by atoms with Gasteiger partial charge in [-0.25, -0.2) is 0 Å². The van der Waals surface area contributed by atoms with Gasteiger partial charge < -0.3 is 10.1 Å². The molecule has 0 bridgehead atoms. The molecule has 1 N–H and O–H groups in total. The second kappa shape index (κ2) is 4.77. The third-order valence-electron chi connectivity index (χ3n) is 4.70. The van der Waals surface area contributed by atoms with E-state index in [2.05, 4.69) is 24.1 Å². The molecule has 5 heteroatoms. The molecule has 1 amide bonds. The van der Waals surface area contributed by atoms with E-state index in [-0.39, 0.29) is 29.2 Å². The zero-order chi connectivity index (χ0) is 14.6. The van der Waals surface area contributed by atoms with Crippen LogP contribution in [0.3, 0.4) is 0 Å². The lowest BCUT2D eigenvalue weighted by atomic mass is 9.74. The molecule has 0 aromatic carbocycles. The number of rotatable bonds is 1. The van der Waals surface area contributed by atoms with Crippen LogP contribution in [0.5, 0.6) is 0 Å². The van der Waals surface area contributed by atoms with E-state index in [1.54, 1.807) is 24.2 Å². The Bertz CT molecular complexity index is 616. The number of carbonyl (C=O) groups excluding carboxylic acids is 1. The van der Waals surface area contributed by atoms with E-state index in [0.717, 1.165) is 22.6 Å². The maximum absolute atomic E-state index is 12.3. The Morgan fingerprint density at radius 1 is 1.33 bits per heavy atom. The SMILES string of the molecule is CC1NC(=O)C2SC(c3ccncc3)=C3O[C@@H](C)CC1C32. The van der Waals surface area contributed by atoms with Gasteiger partial charge in [0.25, 0.3) is 0 Å². The minimum Gasteiger partial charge on any atom is -0.493 e. The molecule has 1 aromatic rings. The standard InChI is InChI=1S/C16H18N2O2S/c1-8-7-11-9(2)18-16(19)15-12(11)13(20-8)14(21-15)10-3-5-17-6-4-10/h3-6,8-9,11-12,15H,7H2,1-2H3,(H,18,19)/t8-,9?,11?,12?,15?/m0/s1. The molecule has 0 spiro atoms. The van der Waals surface area contributed by atoms with Gasteiger partial charge in [0.15, 0.2) is 0 Å². The fourth-order valence-electron chi connectivity index (χ4n) is 3.75. The summed E-state index contributed by atoms with van der Waals surface area (Å²) >= 11 is 1.65. The van der Waals surface area contributed by atoms with Crippen molar-refractivity contribution in [3.63, 3.8) is 0 Å². The van der Waals surface area contributed by atoms with Gasteiger partial charge in [-0.3, -0.25) is 9.78 Å². The molecule has 3 aliphatic rings. The molecule has 0 radical (unpaired) electrons. The number of carbonyl (C=O) groups is 1. The lowest BCUT2D eigenvalue weighted by Gasteiger charge is -2.43. The predicted molar refractivity (Wildman–Crippen MR) is 82.3 cm³/mol. The second-order valence-electron chi connectivity index (χ2n) is 6.12. The van der Waals surface area contributed by atoms with E-state index in [0.29, 0.717) is 5.92 Å². The summed E-state index contributed by atoms with van der Waals surface area (Å²) in [4.78, 5) is 17.5. The van der Waals surface area contributed by atoms with Crippen LogP contribution in [0.2, 0.25) is 0 Å². The van der Waals surface area contributed by atoms with Crippen LogP contribution in [-0.2, 0) is 9.53 Å². The summed E-state index contributed by atoms with van der Waals surface area (Å²) in [5.74, 6) is 1.87. The van der Waals surface area contributed by atoms with Gasteiger partial charge in [0.1, 0.15) is 5.76 Å². The number of ether oxygens (including phenoxy) is 1. The van der Waals surface area contributed by atoms with Crippen LogP contribution in [0, 0.1) is 11.8 Å². The number of nitrogens with zero attached hydrogens (tertiary/aromatic N) is 1. The minimum absolute atomic E-state index is 0.0446. The van der Waals surface area contributed by atoms with Crippen molar-refractivity contribution in [3.05, 3.63) is 35.8 Å². The van der Waals surface area contributed by atoms with Crippen molar-refractivity contribution in [2.75, 3.05) is 0 Å². The second-order valence-corrected chi connectivity index (χ2v) is 7.27. The van der Waals surface area contributed by atoms with Crippen LogP contribution in [0.4, 0.5) is 0 Å². The monoisotopic (exact) mass is 302 g/mol. The van der Waals surface area contributed by atoms with E-state index in [4.69, 9.17) is 4.74 Å². The van der Waals surface area contributed by atoms with E-state index >= 15 is 0 Å². The molecule has 2 fully saturated rings. The maximum atomic E-state index is 12.3. The summed E-state index contributed by atoms with van der Waals surface area (Å²) in [5, 5.41) is 3.10. The molecule has 0 aliphatic carbocycles. The Morgan fingerprint density at radius 3 is 2.86 bits per heavy atom. The van der Waals surface area contributed by atoms with Gasteiger partial charge in [0, 0.05) is 24.4 Å². The molecule has 3 aliphatic heterocycles. The van der Waals surface area contributed by atoms with Crippen molar-refractivity contribution in [1.29, 1.82) is 0 Å². The normalized spacial score (nSPS) is 37.8. The molecule has 1 aromatic heterocycles. The topological polar surface area (TPSA) is 51.2 Å². The Balaban J connectivity index is 1.81. The van der Waals surface area contributed by atoms with Gasteiger partial charge >= 0.3 is 0 Å². The van der Waals surface area contributed by atoms with Gasteiger partial charge in [-0.2, -0.15) is 0 Å². The molecule has 2 saturated heterocycles. The number of thioether (sulfide) groups is 1. The van der Waals surface area contributed by atoms with Crippen molar-refractivity contribution in [2.24, 2.45) is 11.8 Å². The summed E-state index contributed by atoms with van der Waals surface area (Å²) in [6.45, 7) is 4.23. The summed E-state index contributed by atoms with van der Waals surface area (Å²) in [6, 6.07) is 4.20. The van der Waals surface area contributed by atoms with Gasteiger partial charge in [-0.15, -0.1) is 11.8 Å². The highest BCUT2D eigenvalue weighted by Gasteiger charge is 2.53. The first-order chi connectivity index (χ1) is 10.1. The number of nitrogens with one attached hydrogen (secondary N) is 1. The molecule has 4 heterocycles. The van der Waals surface area contributed by atoms with Crippen LogP contribution in [0.25, 0.3) is 4.91 Å². The fraction of sp³-hybridized carbons (Fsp3) is 0.500. The number of piperidine rings is 1. The van der Waals surface area contributed by atoms with Crippen LogP contribution in [0.15, 0.2) is 30.3 Å². The Morgan fingerprint density at radius 2 is 2.10 bits per heavy atom. The first-order valence-corrected chi connectivity index (χ1v) is 8.31. The number of hydrogen-bond donors (Lipinski definition) is 1. The summed E-state index contributed by atoms with van der Waals surface area (Å²) in [5.41, 5.74) is 1.10. The average Bonchev–Trinajstić information content (AvgIpc) is 2.86. The molecule has 4 unspecified atom stereocenters. The van der Waals surface area contributed by atoms with Gasteiger partial charge in [0.05, 0.1) is 16.3 Å². The molecule has 110 valence electrons. The number of aromatic nitrogens is 1. The zero-order valence-electron chi connectivity index (χ0n) is 12.1. The van der Waals surface area contributed by atoms with Crippen molar-refractivity contribution in [1.82, 2.24) is 10.3 Å². The summed E-state index contributed by atoms with van der Waals surface area (Å²) < 4.78 is 6.17. The molecule has 4 nitrogen and oxygen atoms in total. The van der Waals surface area contributed by atoms with E-state index in [9.17, 15) is 4.79 Å². The smallest absolute Gasteiger partial charge is 0.234 e. The van der Waals surface area contributed by atoms with Gasteiger partial charge in [-0.05, 0) is 43.9 Å². The van der Waals surface area contributed by atoms with Crippen LogP contribution < -0.4 is 5.32 Å². The third kappa shape index (κ3) is 1.98. The Hall–Kier alpha value is -1.49. The van der Waals surface area contributed by atoms with E-state index < -0.39 is 0 Å². The van der Waals surface area contributed by atoms with Crippen LogP contribution in [0.1, 0.15) is 25.8 Å². The molecule has 4 rings (SSSR count). The lowest BCUT2D eigenvalue weighted by Crippen LogP contribution is -2.56. The number of pyridine rings is 1. The fourth-order valence-corrected chi connectivity index (χ4v) is 5.23. The predicted octanol–water partition coefficient (Wildman–Crippen LogP) is 2.43. The highest BCUT2D eigenvalue weighted by Crippen LogP contribution is 2.55. The molecular weight excluding hydrogens is 284 g/mol. The zero-order valence-corrected chi connectivity index (χ0v) is 12.9. The largest absolute Gasteiger partial charge is 0.493 e. The molecular formula is C16H18N2O2S. The summed E-state index contributed by atoms with van der Waals surface area (Å²) in [7, 11) is 0. The number of hydrogen-bond acceptors (Lipinski definition) is 4. The Labute approximate surface area is 128 Å². The van der Waals surface area contributed by atoms with Crippen LogP contribution in [-0.4, -0.2) is 28.3 Å². The van der Waals surface area contributed by atoms with Crippen molar-refractivity contribution < 1.29 is 9.53 Å². The Kier molecular flexibility index (Phi) is 2.99. The number of amides is 1. The molecule has 0 saturated carbocycles. The number of allylic oxidation sites excluding steroid dienone is 1.